The first-order chi connectivity index (χ1) is 17.9. The number of halogens is 2. The summed E-state index contributed by atoms with van der Waals surface area (Å²) in [6.07, 6.45) is 5.16. The minimum atomic E-state index is -2.93. The van der Waals surface area contributed by atoms with Crippen LogP contribution in [0, 0.1) is 5.92 Å². The molecule has 0 radical (unpaired) electrons. The molecule has 11 heteroatoms. The minimum Gasteiger partial charge on any atom is -0.491 e. The van der Waals surface area contributed by atoms with Crippen LogP contribution in [-0.4, -0.2) is 56.3 Å². The molecular formula is C26H26F2N6O3. The molecule has 3 aromatic heterocycles. The molecule has 0 spiro atoms. The maximum Gasteiger partial charge on any atom is 0.345 e. The molecule has 0 unspecified atom stereocenters. The van der Waals surface area contributed by atoms with Crippen molar-refractivity contribution >= 4 is 17.4 Å². The van der Waals surface area contributed by atoms with Gasteiger partial charge in [-0.1, -0.05) is 12.1 Å². The quantitative estimate of drug-likeness (QED) is 0.314. The lowest BCUT2D eigenvalue weighted by molar-refractivity contribution is -0.130. The minimum absolute atomic E-state index is 0.0499. The maximum absolute atomic E-state index is 13.6. The highest BCUT2D eigenvalue weighted by Crippen LogP contribution is 2.48. The van der Waals surface area contributed by atoms with Gasteiger partial charge in [0.05, 0.1) is 19.3 Å². The van der Waals surface area contributed by atoms with Crippen LogP contribution in [0.3, 0.4) is 0 Å². The van der Waals surface area contributed by atoms with Gasteiger partial charge in [0.25, 0.3) is 0 Å². The van der Waals surface area contributed by atoms with Crippen molar-refractivity contribution in [3.8, 4) is 16.9 Å². The van der Waals surface area contributed by atoms with Crippen LogP contribution in [0.1, 0.15) is 31.9 Å². The van der Waals surface area contributed by atoms with E-state index in [2.05, 4.69) is 24.8 Å². The van der Waals surface area contributed by atoms with E-state index in [4.69, 9.17) is 4.74 Å². The average molecular weight is 509 g/mol. The van der Waals surface area contributed by atoms with Gasteiger partial charge in [0.2, 0.25) is 5.91 Å². The molecule has 1 amide bonds. The normalized spacial score (nSPS) is 16.9. The number of alkyl halides is 2. The highest BCUT2D eigenvalue weighted by Gasteiger charge is 2.47. The zero-order valence-electron chi connectivity index (χ0n) is 20.4. The largest absolute Gasteiger partial charge is 0.491 e. The average Bonchev–Trinajstić information content (AvgIpc) is 3.54. The number of carbonyl (C=O) groups is 1. The Labute approximate surface area is 212 Å². The monoisotopic (exact) mass is 508 g/mol. The van der Waals surface area contributed by atoms with Gasteiger partial charge < -0.3 is 9.47 Å². The SMILES string of the molecule is CC(C)Oc1ccc(-c2ccc(N(CCOC(F)F)C(=O)[C@@H]3C[C@H]3c3ccncn3)n3ncnc23)cc1. The third kappa shape index (κ3) is 5.41. The molecule has 3 heterocycles. The van der Waals surface area contributed by atoms with Crippen molar-refractivity contribution in [2.45, 2.75) is 38.9 Å². The third-order valence-electron chi connectivity index (χ3n) is 6.14. The summed E-state index contributed by atoms with van der Waals surface area (Å²) in [4.78, 5) is 27.6. The van der Waals surface area contributed by atoms with Crippen LogP contribution in [0.15, 0.2) is 61.3 Å². The topological polar surface area (TPSA) is 94.7 Å². The van der Waals surface area contributed by atoms with E-state index in [0.29, 0.717) is 17.9 Å². The van der Waals surface area contributed by atoms with Crippen LogP contribution in [0.4, 0.5) is 14.6 Å². The van der Waals surface area contributed by atoms with Crippen LogP contribution in [0.25, 0.3) is 16.8 Å². The highest BCUT2D eigenvalue weighted by molar-refractivity contribution is 5.97. The van der Waals surface area contributed by atoms with E-state index in [1.165, 1.54) is 17.6 Å². The van der Waals surface area contributed by atoms with E-state index in [1.807, 2.05) is 44.2 Å². The lowest BCUT2D eigenvalue weighted by Crippen LogP contribution is -2.37. The second-order valence-corrected chi connectivity index (χ2v) is 9.00. The number of fused-ring (bicyclic) bond motifs is 1. The van der Waals surface area contributed by atoms with Gasteiger partial charge in [0.15, 0.2) is 5.65 Å². The molecule has 0 aliphatic heterocycles. The van der Waals surface area contributed by atoms with E-state index in [0.717, 1.165) is 22.6 Å². The first kappa shape index (κ1) is 24.7. The smallest absolute Gasteiger partial charge is 0.345 e. The van der Waals surface area contributed by atoms with E-state index in [-0.39, 0.29) is 37.0 Å². The van der Waals surface area contributed by atoms with E-state index < -0.39 is 6.61 Å². The highest BCUT2D eigenvalue weighted by atomic mass is 19.3. The summed E-state index contributed by atoms with van der Waals surface area (Å²) in [7, 11) is 0. The van der Waals surface area contributed by atoms with Crippen molar-refractivity contribution in [1.82, 2.24) is 24.6 Å². The first-order valence-electron chi connectivity index (χ1n) is 12.0. The summed E-state index contributed by atoms with van der Waals surface area (Å²) >= 11 is 0. The molecule has 37 heavy (non-hydrogen) atoms. The van der Waals surface area contributed by atoms with Crippen molar-refractivity contribution < 1.29 is 23.0 Å². The van der Waals surface area contributed by atoms with Gasteiger partial charge in [-0.05, 0) is 56.2 Å². The van der Waals surface area contributed by atoms with Gasteiger partial charge in [0.1, 0.15) is 24.2 Å². The fourth-order valence-electron chi connectivity index (χ4n) is 4.40. The Balaban J connectivity index is 1.45. The van der Waals surface area contributed by atoms with Gasteiger partial charge in [-0.15, -0.1) is 0 Å². The van der Waals surface area contributed by atoms with Crippen molar-refractivity contribution in [2.75, 3.05) is 18.1 Å². The van der Waals surface area contributed by atoms with E-state index >= 15 is 0 Å². The van der Waals surface area contributed by atoms with Crippen LogP contribution in [0.5, 0.6) is 5.75 Å². The number of pyridine rings is 1. The molecule has 0 saturated heterocycles. The van der Waals surface area contributed by atoms with Gasteiger partial charge in [-0.2, -0.15) is 18.4 Å². The van der Waals surface area contributed by atoms with Crippen molar-refractivity contribution in [3.63, 3.8) is 0 Å². The number of amides is 1. The van der Waals surface area contributed by atoms with Gasteiger partial charge >= 0.3 is 6.61 Å². The third-order valence-corrected chi connectivity index (χ3v) is 6.14. The summed E-state index contributed by atoms with van der Waals surface area (Å²) in [6.45, 7) is 0.602. The molecule has 1 saturated carbocycles. The summed E-state index contributed by atoms with van der Waals surface area (Å²) in [5, 5.41) is 4.34. The lowest BCUT2D eigenvalue weighted by atomic mass is 10.1. The molecule has 1 fully saturated rings. The van der Waals surface area contributed by atoms with Crippen LogP contribution in [0.2, 0.25) is 0 Å². The fourth-order valence-corrected chi connectivity index (χ4v) is 4.40. The number of carbonyl (C=O) groups excluding carboxylic acids is 1. The number of ether oxygens (including phenoxy) is 2. The molecule has 2 atom stereocenters. The molecule has 1 aliphatic rings. The number of hydrogen-bond acceptors (Lipinski definition) is 7. The zero-order valence-corrected chi connectivity index (χ0v) is 20.4. The van der Waals surface area contributed by atoms with E-state index in [9.17, 15) is 13.6 Å². The summed E-state index contributed by atoms with van der Waals surface area (Å²) in [6, 6.07) is 13.0. The van der Waals surface area contributed by atoms with Crippen molar-refractivity contribution in [3.05, 3.63) is 67.0 Å². The molecule has 9 nitrogen and oxygen atoms in total. The molecule has 4 aromatic rings. The fraction of sp³-hybridized carbons (Fsp3) is 0.346. The van der Waals surface area contributed by atoms with Crippen LogP contribution < -0.4 is 9.64 Å². The Morgan fingerprint density at radius 3 is 2.62 bits per heavy atom. The van der Waals surface area contributed by atoms with Crippen molar-refractivity contribution in [1.29, 1.82) is 0 Å². The standard InChI is InChI=1S/C26H26F2N6O3/c1-16(2)37-18-5-3-17(4-6-18)19-7-8-23(34-24(19)31-15-32-34)33(11-12-36-26(27)28)25(35)21-13-20(21)22-9-10-29-14-30-22/h3-10,14-16,20-21,26H,11-13H2,1-2H3/t20-,21-/m1/s1. The number of rotatable bonds is 10. The van der Waals surface area contributed by atoms with Crippen LogP contribution >= 0.6 is 0 Å². The van der Waals surface area contributed by atoms with Crippen molar-refractivity contribution in [2.24, 2.45) is 5.92 Å². The molecule has 5 rings (SSSR count). The summed E-state index contributed by atoms with van der Waals surface area (Å²) in [5.41, 5.74) is 3.01. The van der Waals surface area contributed by atoms with Crippen LogP contribution in [-0.2, 0) is 9.53 Å². The lowest BCUT2D eigenvalue weighted by Gasteiger charge is -2.24. The maximum atomic E-state index is 13.6. The second kappa shape index (κ2) is 10.6. The van der Waals surface area contributed by atoms with Gasteiger partial charge in [0, 0.05) is 29.3 Å². The first-order valence-corrected chi connectivity index (χ1v) is 12.0. The summed E-state index contributed by atoms with van der Waals surface area (Å²) < 4.78 is 37.2. The predicted molar refractivity (Wildman–Crippen MR) is 131 cm³/mol. The molecule has 1 aromatic carbocycles. The summed E-state index contributed by atoms with van der Waals surface area (Å²) in [5.74, 6) is 0.596. The molecular weight excluding hydrogens is 482 g/mol. The van der Waals surface area contributed by atoms with Gasteiger partial charge in [-0.25, -0.2) is 15.0 Å². The van der Waals surface area contributed by atoms with E-state index in [1.54, 1.807) is 22.8 Å². The van der Waals surface area contributed by atoms with Gasteiger partial charge in [-0.3, -0.25) is 9.69 Å². The molecule has 0 N–H and O–H groups in total. The number of nitrogens with zero attached hydrogens (tertiary/aromatic N) is 6. The Bertz CT molecular complexity index is 1360. The Morgan fingerprint density at radius 1 is 1.11 bits per heavy atom. The number of benzene rings is 1. The zero-order chi connectivity index (χ0) is 25.9. The molecule has 192 valence electrons. The molecule has 1 aliphatic carbocycles. The number of aromatic nitrogens is 5. The predicted octanol–water partition coefficient (Wildman–Crippen LogP) is 4.35. The Hall–Kier alpha value is -3.99. The Kier molecular flexibility index (Phi) is 7.04. The number of hydrogen-bond donors (Lipinski definition) is 0. The second-order valence-electron chi connectivity index (χ2n) is 9.00. The number of anilines is 1. The molecule has 0 bridgehead atoms. The Morgan fingerprint density at radius 2 is 1.92 bits per heavy atom.